The molecule has 192 valence electrons. The van der Waals surface area contributed by atoms with Crippen LogP contribution in [0.5, 0.6) is 0 Å². The van der Waals surface area contributed by atoms with Crippen molar-refractivity contribution in [3.63, 3.8) is 0 Å². The lowest BCUT2D eigenvalue weighted by Crippen LogP contribution is -2.46. The molecule has 4 heterocycles. The molecule has 2 aromatic rings. The highest BCUT2D eigenvalue weighted by Gasteiger charge is 2.37. The molecule has 1 amide bonds. The minimum absolute atomic E-state index is 0.124. The van der Waals surface area contributed by atoms with Gasteiger partial charge in [-0.2, -0.15) is 13.2 Å². The average molecular weight is 498 g/mol. The molecule has 7 nitrogen and oxygen atoms in total. The molecule has 0 spiro atoms. The predicted molar refractivity (Wildman–Crippen MR) is 122 cm³/mol. The van der Waals surface area contributed by atoms with E-state index in [1.54, 1.807) is 27.0 Å². The van der Waals surface area contributed by atoms with E-state index in [1.165, 1.54) is 11.0 Å². The summed E-state index contributed by atoms with van der Waals surface area (Å²) in [4.78, 5) is 24.0. The monoisotopic (exact) mass is 497 g/mol. The molecular formula is C24H31F4N5O2. The second-order valence-corrected chi connectivity index (χ2v) is 10.1. The van der Waals surface area contributed by atoms with Crippen molar-refractivity contribution < 1.29 is 27.1 Å². The van der Waals surface area contributed by atoms with Gasteiger partial charge >= 0.3 is 12.3 Å². The number of hydrogen-bond acceptors (Lipinski definition) is 5. The van der Waals surface area contributed by atoms with E-state index < -0.39 is 35.7 Å². The number of piperidine rings is 1. The number of carbonyl (C=O) groups is 1. The van der Waals surface area contributed by atoms with E-state index in [9.17, 15) is 18.0 Å². The number of carbonyl (C=O) groups excluding carboxylic acids is 1. The van der Waals surface area contributed by atoms with E-state index >= 15 is 4.39 Å². The van der Waals surface area contributed by atoms with Gasteiger partial charge in [0.2, 0.25) is 0 Å². The highest BCUT2D eigenvalue weighted by Crippen LogP contribution is 2.34. The van der Waals surface area contributed by atoms with Gasteiger partial charge in [-0.15, -0.1) is 0 Å². The van der Waals surface area contributed by atoms with E-state index in [0.29, 0.717) is 31.0 Å². The van der Waals surface area contributed by atoms with Crippen LogP contribution in [0.1, 0.15) is 51.0 Å². The molecule has 0 bridgehead atoms. The van der Waals surface area contributed by atoms with Crippen molar-refractivity contribution in [2.24, 2.45) is 0 Å². The van der Waals surface area contributed by atoms with E-state index in [-0.39, 0.29) is 12.1 Å². The summed E-state index contributed by atoms with van der Waals surface area (Å²) in [7, 11) is 0. The van der Waals surface area contributed by atoms with Gasteiger partial charge in [0.15, 0.2) is 0 Å². The molecule has 0 radical (unpaired) electrons. The fraction of sp³-hybridized carbons (Fsp3) is 0.625. The highest BCUT2D eigenvalue weighted by atomic mass is 19.4. The Morgan fingerprint density at radius 2 is 1.91 bits per heavy atom. The van der Waals surface area contributed by atoms with Crippen molar-refractivity contribution in [2.75, 3.05) is 32.7 Å². The fourth-order valence-electron chi connectivity index (χ4n) is 4.33. The van der Waals surface area contributed by atoms with Crippen LogP contribution in [0.15, 0.2) is 24.5 Å². The molecule has 0 N–H and O–H groups in total. The van der Waals surface area contributed by atoms with Gasteiger partial charge in [-0.3, -0.25) is 4.98 Å². The van der Waals surface area contributed by atoms with E-state index in [4.69, 9.17) is 4.74 Å². The zero-order valence-electron chi connectivity index (χ0n) is 20.2. The lowest BCUT2D eigenvalue weighted by molar-refractivity contribution is -0.141. The third-order valence-electron chi connectivity index (χ3n) is 6.28. The van der Waals surface area contributed by atoms with Crippen LogP contribution in [0.3, 0.4) is 0 Å². The summed E-state index contributed by atoms with van der Waals surface area (Å²) in [5.41, 5.74) is -1.06. The largest absolute Gasteiger partial charge is 0.444 e. The maximum atomic E-state index is 15.4. The van der Waals surface area contributed by atoms with E-state index in [1.807, 2.05) is 4.57 Å². The highest BCUT2D eigenvalue weighted by molar-refractivity contribution is 5.68. The first-order valence-corrected chi connectivity index (χ1v) is 11.9. The average Bonchev–Trinajstić information content (AvgIpc) is 3.15. The number of rotatable bonds is 5. The number of aromatic nitrogens is 3. The first kappa shape index (κ1) is 25.4. The number of hydrogen-bond donors (Lipinski definition) is 0. The standard InChI is InChI=1S/C24H31F4N5O2/c1-23(2,3)35-22(34)33-10-6-17(18(25)14-33)21-30-19(15-32(21)12-11-31-8-4-9-31)16-5-7-29-20(13-16)24(26,27)28/h5,7,13,15,17-18H,4,6,8-12,14H2,1-3H3/t17-,18+/m1/s1. The maximum absolute atomic E-state index is 15.4. The van der Waals surface area contributed by atoms with Gasteiger partial charge in [-0.1, -0.05) is 0 Å². The zero-order chi connectivity index (χ0) is 25.4. The normalized spacial score (nSPS) is 21.6. The topological polar surface area (TPSA) is 63.5 Å². The molecule has 2 aromatic heterocycles. The molecule has 4 rings (SSSR count). The number of nitrogens with zero attached hydrogens (tertiary/aromatic N) is 5. The van der Waals surface area contributed by atoms with Crippen LogP contribution in [0.4, 0.5) is 22.4 Å². The van der Waals surface area contributed by atoms with Gasteiger partial charge in [0.05, 0.1) is 18.2 Å². The van der Waals surface area contributed by atoms with Crippen molar-refractivity contribution in [1.82, 2.24) is 24.3 Å². The Balaban J connectivity index is 1.57. The van der Waals surface area contributed by atoms with Gasteiger partial charge in [-0.05, 0) is 58.8 Å². The molecule has 0 saturated carbocycles. The van der Waals surface area contributed by atoms with Gasteiger partial charge in [-0.25, -0.2) is 14.2 Å². The second kappa shape index (κ2) is 9.75. The Morgan fingerprint density at radius 1 is 1.17 bits per heavy atom. The molecule has 2 atom stereocenters. The molecular weight excluding hydrogens is 466 g/mol. The molecule has 2 aliphatic rings. The molecule has 0 unspecified atom stereocenters. The molecule has 2 fully saturated rings. The SMILES string of the molecule is CC(C)(C)OC(=O)N1CC[C@@H](c2nc(-c3ccnc(C(F)(F)F)c3)cn2CCN2CCC2)[C@@H](F)C1. The summed E-state index contributed by atoms with van der Waals surface area (Å²) in [5.74, 6) is -0.0926. The van der Waals surface area contributed by atoms with Gasteiger partial charge in [0.1, 0.15) is 23.3 Å². The quantitative estimate of drug-likeness (QED) is 0.559. The van der Waals surface area contributed by atoms with E-state index in [0.717, 1.165) is 38.3 Å². The van der Waals surface area contributed by atoms with Crippen molar-refractivity contribution in [3.05, 3.63) is 36.0 Å². The van der Waals surface area contributed by atoms with Crippen LogP contribution in [-0.4, -0.2) is 74.9 Å². The smallest absolute Gasteiger partial charge is 0.433 e. The summed E-state index contributed by atoms with van der Waals surface area (Å²) < 4.78 is 62.2. The summed E-state index contributed by atoms with van der Waals surface area (Å²) in [6.07, 6.45) is -2.24. The summed E-state index contributed by atoms with van der Waals surface area (Å²) >= 11 is 0. The number of imidazole rings is 1. The fourth-order valence-corrected chi connectivity index (χ4v) is 4.33. The Morgan fingerprint density at radius 3 is 2.51 bits per heavy atom. The first-order chi connectivity index (χ1) is 16.4. The molecule has 11 heteroatoms. The zero-order valence-corrected chi connectivity index (χ0v) is 20.2. The third kappa shape index (κ3) is 6.12. The lowest BCUT2D eigenvalue weighted by atomic mass is 9.94. The molecule has 0 aromatic carbocycles. The van der Waals surface area contributed by atoms with Crippen molar-refractivity contribution in [1.29, 1.82) is 0 Å². The van der Waals surface area contributed by atoms with Crippen molar-refractivity contribution in [3.8, 4) is 11.3 Å². The van der Waals surface area contributed by atoms with Crippen LogP contribution in [-0.2, 0) is 17.5 Å². The first-order valence-electron chi connectivity index (χ1n) is 11.9. The Hall–Kier alpha value is -2.69. The molecule has 2 aliphatic heterocycles. The summed E-state index contributed by atoms with van der Waals surface area (Å²) in [6.45, 7) is 8.74. The van der Waals surface area contributed by atoms with Crippen molar-refractivity contribution in [2.45, 2.75) is 64.0 Å². The maximum Gasteiger partial charge on any atom is 0.433 e. The molecule has 35 heavy (non-hydrogen) atoms. The lowest BCUT2D eigenvalue weighted by Gasteiger charge is -2.36. The van der Waals surface area contributed by atoms with Gasteiger partial charge < -0.3 is 19.1 Å². The summed E-state index contributed by atoms with van der Waals surface area (Å²) in [5, 5.41) is 0. The van der Waals surface area contributed by atoms with Crippen LogP contribution in [0, 0.1) is 0 Å². The van der Waals surface area contributed by atoms with E-state index in [2.05, 4.69) is 14.9 Å². The van der Waals surface area contributed by atoms with Crippen LogP contribution < -0.4 is 0 Å². The van der Waals surface area contributed by atoms with Crippen molar-refractivity contribution >= 4 is 6.09 Å². The second-order valence-electron chi connectivity index (χ2n) is 10.1. The van der Waals surface area contributed by atoms with Crippen LogP contribution in [0.2, 0.25) is 0 Å². The van der Waals surface area contributed by atoms with Gasteiger partial charge in [0.25, 0.3) is 0 Å². The van der Waals surface area contributed by atoms with Crippen LogP contribution in [0.25, 0.3) is 11.3 Å². The Bertz CT molecular complexity index is 1050. The minimum atomic E-state index is -4.57. The Labute approximate surface area is 202 Å². The number of ether oxygens (including phenoxy) is 1. The predicted octanol–water partition coefficient (Wildman–Crippen LogP) is 4.73. The minimum Gasteiger partial charge on any atom is -0.444 e. The number of halogens is 4. The van der Waals surface area contributed by atoms with Gasteiger partial charge in [0, 0.05) is 37.6 Å². The van der Waals surface area contributed by atoms with Crippen LogP contribution >= 0.6 is 0 Å². The molecule has 2 saturated heterocycles. The number of amides is 1. The number of alkyl halides is 4. The molecule has 0 aliphatic carbocycles. The number of pyridine rings is 1. The summed E-state index contributed by atoms with van der Waals surface area (Å²) in [6, 6.07) is 2.43. The Kier molecular flexibility index (Phi) is 7.08. The number of likely N-dealkylation sites (tertiary alicyclic amines) is 2. The third-order valence-corrected chi connectivity index (χ3v) is 6.28.